The largest absolute Gasteiger partial charge is 0.353 e. The molecule has 1 heterocycles. The first-order valence-electron chi connectivity index (χ1n) is 11.8. The highest BCUT2D eigenvalue weighted by Gasteiger charge is 2.26. The molecule has 0 bridgehead atoms. The van der Waals surface area contributed by atoms with Gasteiger partial charge in [0.2, 0.25) is 11.8 Å². The van der Waals surface area contributed by atoms with Gasteiger partial charge in [0.15, 0.2) is 0 Å². The van der Waals surface area contributed by atoms with Gasteiger partial charge in [-0.1, -0.05) is 61.4 Å². The minimum atomic E-state index is 0.0100. The first-order valence-corrected chi connectivity index (χ1v) is 12.6. The van der Waals surface area contributed by atoms with Crippen LogP contribution in [0.2, 0.25) is 0 Å². The summed E-state index contributed by atoms with van der Waals surface area (Å²) in [5.74, 6) is 0.464. The fourth-order valence-electron chi connectivity index (χ4n) is 4.59. The van der Waals surface area contributed by atoms with E-state index in [4.69, 9.17) is 0 Å². The number of benzene rings is 2. The van der Waals surface area contributed by atoms with Crippen LogP contribution in [-0.2, 0) is 9.59 Å². The molecule has 32 heavy (non-hydrogen) atoms. The van der Waals surface area contributed by atoms with E-state index in [0.717, 1.165) is 54.3 Å². The third kappa shape index (κ3) is 6.59. The molecule has 0 radical (unpaired) electrons. The van der Waals surface area contributed by atoms with Crippen molar-refractivity contribution in [2.75, 3.05) is 25.0 Å². The molecule has 0 atom stereocenters. The Morgan fingerprint density at radius 2 is 1.56 bits per heavy atom. The molecule has 2 fully saturated rings. The van der Waals surface area contributed by atoms with Crippen LogP contribution in [0.1, 0.15) is 44.9 Å². The van der Waals surface area contributed by atoms with Crippen molar-refractivity contribution in [3.05, 3.63) is 54.6 Å². The predicted molar refractivity (Wildman–Crippen MR) is 130 cm³/mol. The topological polar surface area (TPSA) is 61.4 Å². The summed E-state index contributed by atoms with van der Waals surface area (Å²) in [5.41, 5.74) is 0.848. The van der Waals surface area contributed by atoms with E-state index >= 15 is 0 Å². The molecular formula is C26H33N3O2S. The minimum absolute atomic E-state index is 0.0100. The maximum absolute atomic E-state index is 12.7. The number of carbonyl (C=O) groups excluding carboxylic acids is 2. The van der Waals surface area contributed by atoms with E-state index in [1.807, 2.05) is 42.5 Å². The lowest BCUT2D eigenvalue weighted by Gasteiger charge is -2.33. The third-order valence-corrected chi connectivity index (χ3v) is 7.49. The van der Waals surface area contributed by atoms with E-state index in [0.29, 0.717) is 6.54 Å². The Balaban J connectivity index is 1.23. The Morgan fingerprint density at radius 1 is 0.875 bits per heavy atom. The van der Waals surface area contributed by atoms with Crippen LogP contribution in [0.3, 0.4) is 0 Å². The van der Waals surface area contributed by atoms with Gasteiger partial charge in [-0.15, -0.1) is 0 Å². The Labute approximate surface area is 195 Å². The molecule has 1 aliphatic carbocycles. The molecule has 0 aromatic heterocycles. The van der Waals surface area contributed by atoms with Crippen LogP contribution in [0.4, 0.5) is 5.69 Å². The number of hydrogen-bond donors (Lipinski definition) is 2. The predicted octanol–water partition coefficient (Wildman–Crippen LogP) is 4.94. The van der Waals surface area contributed by atoms with Crippen molar-refractivity contribution in [3.63, 3.8) is 0 Å². The van der Waals surface area contributed by atoms with Crippen LogP contribution in [0, 0.1) is 5.92 Å². The number of rotatable bonds is 7. The number of amides is 2. The monoisotopic (exact) mass is 451 g/mol. The van der Waals surface area contributed by atoms with Gasteiger partial charge in [0.25, 0.3) is 0 Å². The number of piperidine rings is 1. The number of para-hydroxylation sites is 1. The summed E-state index contributed by atoms with van der Waals surface area (Å²) in [4.78, 5) is 29.6. The number of likely N-dealkylation sites (tertiary alicyclic amines) is 1. The summed E-state index contributed by atoms with van der Waals surface area (Å²) in [5, 5.41) is 6.36. The first-order chi connectivity index (χ1) is 15.7. The van der Waals surface area contributed by atoms with Crippen molar-refractivity contribution in [2.24, 2.45) is 5.92 Å². The van der Waals surface area contributed by atoms with Gasteiger partial charge >= 0.3 is 0 Å². The third-order valence-electron chi connectivity index (χ3n) is 6.41. The highest BCUT2D eigenvalue weighted by Crippen LogP contribution is 2.33. The van der Waals surface area contributed by atoms with Crippen molar-refractivity contribution in [1.82, 2.24) is 10.2 Å². The number of hydrogen-bond acceptors (Lipinski definition) is 4. The maximum atomic E-state index is 12.7. The van der Waals surface area contributed by atoms with Gasteiger partial charge < -0.3 is 10.6 Å². The molecule has 1 saturated heterocycles. The van der Waals surface area contributed by atoms with Crippen LogP contribution < -0.4 is 10.6 Å². The van der Waals surface area contributed by atoms with Gasteiger partial charge in [-0.3, -0.25) is 14.5 Å². The molecule has 2 aliphatic rings. The molecule has 4 rings (SSSR count). The lowest BCUT2D eigenvalue weighted by molar-refractivity contribution is -0.127. The van der Waals surface area contributed by atoms with E-state index < -0.39 is 0 Å². The number of anilines is 1. The van der Waals surface area contributed by atoms with Crippen molar-refractivity contribution >= 4 is 29.3 Å². The van der Waals surface area contributed by atoms with Crippen LogP contribution in [-0.4, -0.2) is 42.4 Å². The molecular weight excluding hydrogens is 418 g/mol. The summed E-state index contributed by atoms with van der Waals surface area (Å²) in [7, 11) is 0. The van der Waals surface area contributed by atoms with E-state index in [1.165, 1.54) is 19.3 Å². The van der Waals surface area contributed by atoms with Gasteiger partial charge in [0.1, 0.15) is 0 Å². The zero-order valence-electron chi connectivity index (χ0n) is 18.6. The number of nitrogens with one attached hydrogen (secondary N) is 2. The molecule has 1 aliphatic heterocycles. The SMILES string of the molecule is O=C(CN1CCC(NC(=O)C2CCCCC2)CC1)Nc1ccccc1Sc1ccccc1. The van der Waals surface area contributed by atoms with E-state index in [-0.39, 0.29) is 23.8 Å². The summed E-state index contributed by atoms with van der Waals surface area (Å²) in [6.45, 7) is 2.06. The summed E-state index contributed by atoms with van der Waals surface area (Å²) < 4.78 is 0. The minimum Gasteiger partial charge on any atom is -0.353 e. The molecule has 6 heteroatoms. The van der Waals surface area contributed by atoms with Crippen LogP contribution in [0.25, 0.3) is 0 Å². The second kappa shape index (κ2) is 11.5. The molecule has 2 aromatic rings. The van der Waals surface area contributed by atoms with E-state index in [2.05, 4.69) is 27.7 Å². The van der Waals surface area contributed by atoms with Gasteiger partial charge in [-0.2, -0.15) is 0 Å². The highest BCUT2D eigenvalue weighted by atomic mass is 32.2. The molecule has 2 aromatic carbocycles. The fourth-order valence-corrected chi connectivity index (χ4v) is 5.51. The Bertz CT molecular complexity index is 891. The standard InChI is InChI=1S/C26H33N3O2S/c30-25(28-23-13-7-8-14-24(23)32-22-11-5-2-6-12-22)19-29-17-15-21(16-18-29)27-26(31)20-9-3-1-4-10-20/h2,5-8,11-14,20-21H,1,3-4,9-10,15-19H2,(H,27,31)(H,28,30). The molecule has 5 nitrogen and oxygen atoms in total. The summed E-state index contributed by atoms with van der Waals surface area (Å²) in [6, 6.07) is 18.4. The van der Waals surface area contributed by atoms with Crippen LogP contribution in [0.15, 0.2) is 64.4 Å². The Hall–Kier alpha value is -2.31. The van der Waals surface area contributed by atoms with E-state index in [9.17, 15) is 9.59 Å². The van der Waals surface area contributed by atoms with Crippen molar-refractivity contribution < 1.29 is 9.59 Å². The average Bonchev–Trinajstić information content (AvgIpc) is 2.83. The van der Waals surface area contributed by atoms with Crippen molar-refractivity contribution in [3.8, 4) is 0 Å². The van der Waals surface area contributed by atoms with Crippen molar-refractivity contribution in [1.29, 1.82) is 0 Å². The second-order valence-corrected chi connectivity index (χ2v) is 9.97. The maximum Gasteiger partial charge on any atom is 0.238 e. The van der Waals surface area contributed by atoms with Gasteiger partial charge in [0.05, 0.1) is 12.2 Å². The first kappa shape index (κ1) is 22.9. The zero-order chi connectivity index (χ0) is 22.2. The lowest BCUT2D eigenvalue weighted by Crippen LogP contribution is -2.48. The Kier molecular flexibility index (Phi) is 8.24. The fraction of sp³-hybridized carbons (Fsp3) is 0.462. The quantitative estimate of drug-likeness (QED) is 0.626. The number of carbonyl (C=O) groups is 2. The summed E-state index contributed by atoms with van der Waals surface area (Å²) in [6.07, 6.45) is 7.51. The molecule has 0 unspecified atom stereocenters. The van der Waals surface area contributed by atoms with Crippen molar-refractivity contribution in [2.45, 2.75) is 60.8 Å². The number of nitrogens with zero attached hydrogens (tertiary/aromatic N) is 1. The Morgan fingerprint density at radius 3 is 2.31 bits per heavy atom. The normalized spacial score (nSPS) is 18.2. The van der Waals surface area contributed by atoms with Gasteiger partial charge in [-0.25, -0.2) is 0 Å². The smallest absolute Gasteiger partial charge is 0.238 e. The molecule has 0 spiro atoms. The van der Waals surface area contributed by atoms with Gasteiger partial charge in [-0.05, 0) is 49.9 Å². The summed E-state index contributed by atoms with van der Waals surface area (Å²) >= 11 is 1.65. The van der Waals surface area contributed by atoms with E-state index in [1.54, 1.807) is 11.8 Å². The molecule has 1 saturated carbocycles. The average molecular weight is 452 g/mol. The lowest BCUT2D eigenvalue weighted by atomic mass is 9.88. The molecule has 2 N–H and O–H groups in total. The molecule has 170 valence electrons. The second-order valence-electron chi connectivity index (χ2n) is 8.85. The van der Waals surface area contributed by atoms with Gasteiger partial charge in [0, 0.05) is 34.8 Å². The molecule has 2 amide bonds. The van der Waals surface area contributed by atoms with Crippen LogP contribution >= 0.6 is 11.8 Å². The highest BCUT2D eigenvalue weighted by molar-refractivity contribution is 7.99. The van der Waals surface area contributed by atoms with Crippen LogP contribution in [0.5, 0.6) is 0 Å². The zero-order valence-corrected chi connectivity index (χ0v) is 19.4.